The first-order valence-corrected chi connectivity index (χ1v) is 25.3. The Morgan fingerprint density at radius 1 is 0.227 bits per heavy atom. The Kier molecular flexibility index (Phi) is 9.02. The summed E-state index contributed by atoms with van der Waals surface area (Å²) < 4.78 is 0. The van der Waals surface area contributed by atoms with E-state index >= 15 is 0 Å². The molecule has 16 rings (SSSR count). The molecule has 0 saturated heterocycles. The van der Waals surface area contributed by atoms with Crippen LogP contribution in [0.25, 0.3) is 98.8 Å². The van der Waals surface area contributed by atoms with Gasteiger partial charge in [-0.25, -0.2) is 0 Å². The van der Waals surface area contributed by atoms with E-state index in [0.29, 0.717) is 0 Å². The number of benzene rings is 7. The van der Waals surface area contributed by atoms with Crippen molar-refractivity contribution in [3.63, 3.8) is 0 Å². The van der Waals surface area contributed by atoms with Crippen molar-refractivity contribution in [2.75, 3.05) is 0 Å². The molecule has 0 radical (unpaired) electrons. The third-order valence-electron chi connectivity index (χ3n) is 15.5. The highest BCUT2D eigenvalue weighted by Gasteiger charge is 2.27. The molecule has 0 atom stereocenters. The van der Waals surface area contributed by atoms with Crippen molar-refractivity contribution in [1.82, 2.24) is 29.9 Å². The second kappa shape index (κ2) is 16.3. The summed E-state index contributed by atoms with van der Waals surface area (Å²) in [7, 11) is 0. The Balaban J connectivity index is 0.760. The van der Waals surface area contributed by atoms with Crippen LogP contribution in [-0.4, -0.2) is 47.0 Å². The Bertz CT molecular complexity index is 4220. The van der Waals surface area contributed by atoms with Crippen LogP contribution >= 0.6 is 0 Å². The van der Waals surface area contributed by atoms with Gasteiger partial charge in [0.2, 0.25) is 0 Å². The van der Waals surface area contributed by atoms with Crippen LogP contribution in [0, 0.1) is 0 Å². The van der Waals surface area contributed by atoms with Crippen LogP contribution < -0.4 is 0 Å². The molecule has 0 spiro atoms. The summed E-state index contributed by atoms with van der Waals surface area (Å²) in [5, 5.41) is 6.43. The Morgan fingerprint density at radius 3 is 0.720 bits per heavy atom. The van der Waals surface area contributed by atoms with Crippen molar-refractivity contribution in [3.8, 4) is 33.4 Å². The van der Waals surface area contributed by atoms with E-state index in [1.54, 1.807) is 0 Å². The number of hydrogen-bond acceptors (Lipinski definition) is 9. The van der Waals surface area contributed by atoms with Gasteiger partial charge in [-0.1, -0.05) is 91.0 Å². The third kappa shape index (κ3) is 6.54. The standard InChI is InChI=1S/C66H39N9/c1-7-46-52-34-55(73-58(52)49-10-4-28-70-64(49)61(46)67-25-1)40-19-13-37(14-20-40)43-31-44(38-15-21-41(22-16-38)56-35-53-47-8-2-26-68-62(47)65-50(59(53)74-56)11-5-29-71-65)33-45(32-43)39-17-23-42(24-18-39)57-36-54-48-9-3-27-69-63(48)66-51(60(54)75-57)12-6-30-72-66/h1-33H,34-36H2. The monoisotopic (exact) mass is 957 g/mol. The average Bonchev–Trinajstić information content (AvgIpc) is 4.27. The van der Waals surface area contributed by atoms with Gasteiger partial charge < -0.3 is 0 Å². The van der Waals surface area contributed by atoms with E-state index in [1.807, 2.05) is 73.6 Å². The number of fused-ring (bicyclic) bond motifs is 18. The van der Waals surface area contributed by atoms with Crippen LogP contribution in [0.15, 0.2) is 216 Å². The lowest BCUT2D eigenvalue weighted by Crippen LogP contribution is -2.01. The molecule has 0 saturated carbocycles. The van der Waals surface area contributed by atoms with Gasteiger partial charge in [0, 0.05) is 88.8 Å². The van der Waals surface area contributed by atoms with Gasteiger partial charge in [-0.2, -0.15) is 0 Å². The predicted molar refractivity (Wildman–Crippen MR) is 304 cm³/mol. The quantitative estimate of drug-likeness (QED) is 0.153. The molecule has 0 bridgehead atoms. The van der Waals surface area contributed by atoms with Gasteiger partial charge in [-0.3, -0.25) is 44.9 Å². The van der Waals surface area contributed by atoms with Gasteiger partial charge in [0.25, 0.3) is 0 Å². The summed E-state index contributed by atoms with van der Waals surface area (Å²) in [6, 6.07) is 58.4. The fourth-order valence-electron chi connectivity index (χ4n) is 11.9. The van der Waals surface area contributed by atoms with Crippen LogP contribution in [0.3, 0.4) is 0 Å². The summed E-state index contributed by atoms with van der Waals surface area (Å²) in [4.78, 5) is 44.3. The molecule has 9 nitrogen and oxygen atoms in total. The number of hydrogen-bond donors (Lipinski definition) is 0. The number of aromatic nitrogens is 6. The zero-order chi connectivity index (χ0) is 49.1. The molecule has 0 unspecified atom stereocenters. The molecular formula is C66H39N9. The van der Waals surface area contributed by atoms with Gasteiger partial charge in [-0.05, 0) is 140 Å². The second-order valence-electron chi connectivity index (χ2n) is 19.6. The van der Waals surface area contributed by atoms with Crippen molar-refractivity contribution in [1.29, 1.82) is 0 Å². The van der Waals surface area contributed by atoms with Crippen LogP contribution in [0.2, 0.25) is 0 Å². The number of nitrogens with zero attached hydrogens (tertiary/aromatic N) is 9. The molecule has 7 aromatic carbocycles. The van der Waals surface area contributed by atoms with E-state index in [9.17, 15) is 0 Å². The van der Waals surface area contributed by atoms with Crippen molar-refractivity contribution in [2.45, 2.75) is 19.3 Å². The molecule has 0 amide bonds. The number of rotatable bonds is 6. The molecule has 13 aromatic rings. The van der Waals surface area contributed by atoms with E-state index < -0.39 is 0 Å². The van der Waals surface area contributed by atoms with E-state index in [1.165, 1.54) is 16.7 Å². The fourth-order valence-corrected chi connectivity index (χ4v) is 11.9. The fraction of sp³-hybridized carbons (Fsp3) is 0.0455. The second-order valence-corrected chi connectivity index (χ2v) is 19.6. The molecule has 9 heterocycles. The maximum absolute atomic E-state index is 5.28. The summed E-state index contributed by atoms with van der Waals surface area (Å²) in [5.74, 6) is 0. The Hall–Kier alpha value is -9.99. The highest BCUT2D eigenvalue weighted by molar-refractivity contribution is 6.21. The molecule has 75 heavy (non-hydrogen) atoms. The van der Waals surface area contributed by atoms with E-state index in [2.05, 4.69) is 127 Å². The van der Waals surface area contributed by atoms with Crippen LogP contribution in [-0.2, 0) is 19.3 Å². The topological polar surface area (TPSA) is 114 Å². The molecule has 6 aromatic heterocycles. The smallest absolute Gasteiger partial charge is 0.0986 e. The summed E-state index contributed by atoms with van der Waals surface area (Å²) in [5.41, 5.74) is 25.2. The third-order valence-corrected chi connectivity index (χ3v) is 15.5. The van der Waals surface area contributed by atoms with E-state index in [-0.39, 0.29) is 0 Å². The predicted octanol–water partition coefficient (Wildman–Crippen LogP) is 15.0. The maximum Gasteiger partial charge on any atom is 0.0986 e. The maximum atomic E-state index is 5.28. The van der Waals surface area contributed by atoms with Crippen molar-refractivity contribution in [3.05, 3.63) is 234 Å². The lowest BCUT2D eigenvalue weighted by molar-refractivity contribution is 1.35. The van der Waals surface area contributed by atoms with Crippen molar-refractivity contribution < 1.29 is 0 Å². The normalized spacial score (nSPS) is 13.7. The molecule has 348 valence electrons. The van der Waals surface area contributed by atoms with Gasteiger partial charge in [0.15, 0.2) is 0 Å². The SMILES string of the molecule is c1cnc2c(c1)c1c(c3cccnc32)N=C(c2ccc(-c3cc(-c4ccc(C5=Nc6c(c7cccnc7c7ncccc67)C5)cc4)cc(-c4ccc(C5=Nc6c(c7cccnc7c7ncccc67)C5)cc4)c3)cc2)C1. The van der Waals surface area contributed by atoms with Gasteiger partial charge in [-0.15, -0.1) is 0 Å². The van der Waals surface area contributed by atoms with Crippen molar-refractivity contribution >= 4 is 99.6 Å². The molecular weight excluding hydrogens is 919 g/mol. The first kappa shape index (κ1) is 41.6. The minimum atomic E-state index is 0.730. The minimum Gasteiger partial charge on any atom is -0.254 e. The Morgan fingerprint density at radius 2 is 0.453 bits per heavy atom. The molecule has 0 aliphatic carbocycles. The number of aliphatic imine (C=N–C) groups is 3. The molecule has 9 heteroatoms. The molecule has 3 aliphatic rings. The first-order valence-electron chi connectivity index (χ1n) is 25.3. The summed E-state index contributed by atoms with van der Waals surface area (Å²) in [6.45, 7) is 0. The van der Waals surface area contributed by atoms with Gasteiger partial charge in [0.1, 0.15) is 0 Å². The molecule has 0 fully saturated rings. The lowest BCUT2D eigenvalue weighted by Gasteiger charge is -2.13. The zero-order valence-electron chi connectivity index (χ0n) is 40.2. The van der Waals surface area contributed by atoms with Crippen LogP contribution in [0.1, 0.15) is 33.4 Å². The van der Waals surface area contributed by atoms with Crippen molar-refractivity contribution in [2.24, 2.45) is 15.0 Å². The summed E-state index contributed by atoms with van der Waals surface area (Å²) in [6.07, 6.45) is 13.2. The first-order chi connectivity index (χ1) is 37.1. The number of pyridine rings is 6. The Labute approximate surface area is 429 Å². The van der Waals surface area contributed by atoms with E-state index in [4.69, 9.17) is 44.9 Å². The highest BCUT2D eigenvalue weighted by atomic mass is 14.8. The van der Waals surface area contributed by atoms with Gasteiger partial charge in [0.05, 0.1) is 67.3 Å². The van der Waals surface area contributed by atoms with Crippen LogP contribution in [0.5, 0.6) is 0 Å². The molecule has 0 N–H and O–H groups in total. The van der Waals surface area contributed by atoms with E-state index in [0.717, 1.165) is 169 Å². The average molecular weight is 958 g/mol. The largest absolute Gasteiger partial charge is 0.254 e. The van der Waals surface area contributed by atoms with Crippen LogP contribution in [0.4, 0.5) is 17.1 Å². The highest BCUT2D eigenvalue weighted by Crippen LogP contribution is 2.45. The van der Waals surface area contributed by atoms with Gasteiger partial charge >= 0.3 is 0 Å². The minimum absolute atomic E-state index is 0.730. The zero-order valence-corrected chi connectivity index (χ0v) is 40.2. The molecule has 3 aliphatic heterocycles. The lowest BCUT2D eigenvalue weighted by atomic mass is 9.91. The summed E-state index contributed by atoms with van der Waals surface area (Å²) >= 11 is 0.